The fraction of sp³-hybridized carbons (Fsp3) is 0.800. The summed E-state index contributed by atoms with van der Waals surface area (Å²) in [5.74, 6) is 0.0951. The summed E-state index contributed by atoms with van der Waals surface area (Å²) in [6, 6.07) is -0.296. The number of nitrogens with zero attached hydrogens (tertiary/aromatic N) is 3. The molecule has 4 fully saturated rings. The number of carbonyl (C=O) groups is 3. The van der Waals surface area contributed by atoms with Crippen molar-refractivity contribution in [1.29, 1.82) is 0 Å². The van der Waals surface area contributed by atoms with Gasteiger partial charge in [-0.2, -0.15) is 0 Å². The summed E-state index contributed by atoms with van der Waals surface area (Å²) < 4.78 is 0. The third-order valence-corrected chi connectivity index (χ3v) is 5.60. The van der Waals surface area contributed by atoms with Gasteiger partial charge in [0.25, 0.3) is 0 Å². The van der Waals surface area contributed by atoms with Crippen molar-refractivity contribution in [3.8, 4) is 0 Å². The monoisotopic (exact) mass is 328 g/mol. The summed E-state index contributed by atoms with van der Waals surface area (Å²) in [6.07, 6.45) is 3.41. The number of hydrogen-bond donors (Lipinski definition) is 1. The number of rotatable bonds is 2. The van der Waals surface area contributed by atoms with Crippen LogP contribution in [-0.2, 0) is 9.59 Å². The van der Waals surface area contributed by atoms with E-state index in [4.69, 9.17) is 0 Å². The quantitative estimate of drug-likeness (QED) is 0.567. The Bertz CT molecular complexity index is 541. The van der Waals surface area contributed by atoms with E-state index >= 15 is 0 Å². The molecule has 2 bridgehead atoms. The minimum absolute atomic E-state index is 0. The molecule has 0 aromatic rings. The van der Waals surface area contributed by atoms with Crippen LogP contribution in [0.25, 0.3) is 5.32 Å². The Morgan fingerprint density at radius 2 is 1.96 bits per heavy atom. The number of likely N-dealkylation sites (tertiary alicyclic amines) is 1. The summed E-state index contributed by atoms with van der Waals surface area (Å²) in [7, 11) is 0. The minimum atomic E-state index is -0.346. The number of nitrogens with one attached hydrogen (secondary N) is 1. The van der Waals surface area contributed by atoms with Crippen LogP contribution in [0.1, 0.15) is 32.6 Å². The second-order valence-electron chi connectivity index (χ2n) is 7.30. The van der Waals surface area contributed by atoms with Gasteiger partial charge in [-0.1, -0.05) is 6.42 Å². The molecule has 7 nitrogen and oxygen atoms in total. The van der Waals surface area contributed by atoms with Crippen molar-refractivity contribution in [1.82, 2.24) is 15.1 Å². The summed E-state index contributed by atoms with van der Waals surface area (Å²) >= 11 is 0. The van der Waals surface area contributed by atoms with Gasteiger partial charge >= 0.3 is 29.6 Å². The summed E-state index contributed by atoms with van der Waals surface area (Å²) in [4.78, 5) is 38.8. The Kier molecular flexibility index (Phi) is 4.40. The maximum absolute atomic E-state index is 12.4. The van der Waals surface area contributed by atoms with Gasteiger partial charge in [-0.3, -0.25) is 14.4 Å². The third-order valence-electron chi connectivity index (χ3n) is 5.60. The van der Waals surface area contributed by atoms with E-state index in [1.807, 2.05) is 4.90 Å². The normalized spacial score (nSPS) is 30.9. The first-order valence-electron chi connectivity index (χ1n) is 8.03. The predicted molar refractivity (Wildman–Crippen MR) is 78.1 cm³/mol. The van der Waals surface area contributed by atoms with Crippen LogP contribution in [0.2, 0.25) is 0 Å². The Hall–Kier alpha value is -0.790. The average molecular weight is 328 g/mol. The first-order chi connectivity index (χ1) is 10.5. The van der Waals surface area contributed by atoms with Crippen molar-refractivity contribution < 1.29 is 43.9 Å². The number of piperidine rings is 1. The topological polar surface area (TPSA) is 83.8 Å². The summed E-state index contributed by atoms with van der Waals surface area (Å²) in [5, 5.41) is 7.12. The molecule has 3 heterocycles. The summed E-state index contributed by atoms with van der Waals surface area (Å²) in [6.45, 7) is 3.84. The van der Waals surface area contributed by atoms with Gasteiger partial charge in [-0.25, -0.2) is 0 Å². The molecule has 1 spiro atoms. The van der Waals surface area contributed by atoms with E-state index in [0.717, 1.165) is 32.4 Å². The Morgan fingerprint density at radius 3 is 2.61 bits per heavy atom. The van der Waals surface area contributed by atoms with Gasteiger partial charge in [0.15, 0.2) is 6.03 Å². The molecule has 120 valence electrons. The standard InChI is InChI=1S/C15H22N4O3.Na/c1-9(20)18-7-15(8-18)4-11(5-15)16-13(21)12-3-2-10-6-19(12)14(22)17-10;/h10-12H,2-8H2,1H3,(H2,16,17,21,22);/q;+1/p-1/t10-,12+;/m1./s1. The van der Waals surface area contributed by atoms with Gasteiger partial charge in [-0.05, 0) is 31.8 Å². The van der Waals surface area contributed by atoms with Crippen LogP contribution >= 0.6 is 0 Å². The molecule has 1 N–H and O–H groups in total. The first kappa shape index (κ1) is 17.0. The minimum Gasteiger partial charge on any atom is -0.427 e. The smallest absolute Gasteiger partial charge is 0.427 e. The van der Waals surface area contributed by atoms with Gasteiger partial charge < -0.3 is 20.4 Å². The van der Waals surface area contributed by atoms with Crippen molar-refractivity contribution in [3.05, 3.63) is 5.32 Å². The van der Waals surface area contributed by atoms with E-state index in [0.29, 0.717) is 13.0 Å². The second-order valence-corrected chi connectivity index (χ2v) is 7.30. The van der Waals surface area contributed by atoms with E-state index in [9.17, 15) is 14.4 Å². The molecule has 3 saturated heterocycles. The Morgan fingerprint density at radius 1 is 1.26 bits per heavy atom. The van der Waals surface area contributed by atoms with E-state index in [1.165, 1.54) is 0 Å². The van der Waals surface area contributed by atoms with Crippen molar-refractivity contribution in [2.24, 2.45) is 5.41 Å². The zero-order valence-corrected chi connectivity index (χ0v) is 15.7. The number of carbonyl (C=O) groups excluding carboxylic acids is 3. The SMILES string of the molecule is CC(=O)N1CC2(CC(NC(=O)[C@@H]3CC[C@@H]4CN3C(=O)[N-]4)C2)C1.[Na+]. The molecule has 4 amide bonds. The predicted octanol–water partition coefficient (Wildman–Crippen LogP) is -2.54. The van der Waals surface area contributed by atoms with Crippen LogP contribution in [0.15, 0.2) is 0 Å². The van der Waals surface area contributed by atoms with Gasteiger partial charge in [0.05, 0.1) is 0 Å². The van der Waals surface area contributed by atoms with Gasteiger partial charge in [0, 0.05) is 37.5 Å². The molecule has 0 unspecified atom stereocenters. The van der Waals surface area contributed by atoms with Crippen LogP contribution in [0, 0.1) is 5.41 Å². The van der Waals surface area contributed by atoms with Crippen molar-refractivity contribution >= 4 is 17.8 Å². The number of hydrogen-bond acceptors (Lipinski definition) is 3. The summed E-state index contributed by atoms with van der Waals surface area (Å²) in [5.41, 5.74) is 0.236. The molecule has 1 saturated carbocycles. The van der Waals surface area contributed by atoms with E-state index in [-0.39, 0.29) is 70.9 Å². The van der Waals surface area contributed by atoms with Crippen LogP contribution in [0.4, 0.5) is 4.79 Å². The van der Waals surface area contributed by atoms with Crippen molar-refractivity contribution in [3.63, 3.8) is 0 Å². The molecular formula is C15H21N4NaO3. The van der Waals surface area contributed by atoms with Crippen LogP contribution in [0.3, 0.4) is 0 Å². The van der Waals surface area contributed by atoms with Crippen LogP contribution in [-0.4, -0.2) is 65.4 Å². The van der Waals surface area contributed by atoms with Crippen LogP contribution < -0.4 is 34.9 Å². The number of fused-ring (bicyclic) bond motifs is 2. The maximum Gasteiger partial charge on any atom is 1.00 e. The largest absolute Gasteiger partial charge is 1.00 e. The number of amides is 4. The average Bonchev–Trinajstić information content (AvgIpc) is 2.65. The molecule has 1 aliphatic carbocycles. The van der Waals surface area contributed by atoms with Gasteiger partial charge in [0.1, 0.15) is 0 Å². The molecule has 0 aromatic carbocycles. The molecule has 3 aliphatic heterocycles. The molecule has 23 heavy (non-hydrogen) atoms. The molecule has 0 radical (unpaired) electrons. The van der Waals surface area contributed by atoms with Crippen molar-refractivity contribution in [2.75, 3.05) is 19.6 Å². The van der Waals surface area contributed by atoms with E-state index in [2.05, 4.69) is 10.6 Å². The van der Waals surface area contributed by atoms with E-state index in [1.54, 1.807) is 11.8 Å². The third kappa shape index (κ3) is 2.87. The van der Waals surface area contributed by atoms with Crippen molar-refractivity contribution in [2.45, 2.75) is 50.7 Å². The number of urea groups is 1. The zero-order chi connectivity index (χ0) is 15.5. The fourth-order valence-corrected chi connectivity index (χ4v) is 4.40. The maximum atomic E-state index is 12.4. The molecule has 4 rings (SSSR count). The first-order valence-corrected chi connectivity index (χ1v) is 8.03. The Labute approximate surface area is 157 Å². The van der Waals surface area contributed by atoms with Gasteiger partial charge in [0.2, 0.25) is 11.8 Å². The molecule has 8 heteroatoms. The zero-order valence-electron chi connectivity index (χ0n) is 13.7. The second kappa shape index (κ2) is 5.93. The van der Waals surface area contributed by atoms with Gasteiger partial charge in [-0.15, -0.1) is 0 Å². The molecule has 0 aromatic heterocycles. The van der Waals surface area contributed by atoms with E-state index < -0.39 is 0 Å². The fourth-order valence-electron chi connectivity index (χ4n) is 4.40. The molecule has 4 aliphatic rings. The molecular weight excluding hydrogens is 307 g/mol. The Balaban J connectivity index is 0.00000156. The molecule has 2 atom stereocenters. The van der Waals surface area contributed by atoms with Crippen LogP contribution in [0.5, 0.6) is 0 Å².